The van der Waals surface area contributed by atoms with Crippen LogP contribution in [-0.4, -0.2) is 34.1 Å². The highest BCUT2D eigenvalue weighted by atomic mass is 19.1. The lowest BCUT2D eigenvalue weighted by atomic mass is 9.99. The summed E-state index contributed by atoms with van der Waals surface area (Å²) >= 11 is 0. The molecule has 0 spiro atoms. The summed E-state index contributed by atoms with van der Waals surface area (Å²) in [5.41, 5.74) is 4.20. The second kappa shape index (κ2) is 6.36. The first-order chi connectivity index (χ1) is 11.7. The van der Waals surface area contributed by atoms with Crippen LogP contribution < -0.4 is 0 Å². The fourth-order valence-corrected chi connectivity index (χ4v) is 3.70. The van der Waals surface area contributed by atoms with E-state index in [2.05, 4.69) is 44.9 Å². The maximum absolute atomic E-state index is 13.6. The van der Waals surface area contributed by atoms with Gasteiger partial charge < -0.3 is 9.47 Å². The van der Waals surface area contributed by atoms with E-state index in [0.717, 1.165) is 29.8 Å². The van der Waals surface area contributed by atoms with E-state index in [9.17, 15) is 4.39 Å². The molecule has 3 aromatic rings. The minimum Gasteiger partial charge on any atom is -0.346 e. The zero-order chi connectivity index (χ0) is 16.5. The van der Waals surface area contributed by atoms with Crippen LogP contribution in [0.1, 0.15) is 18.4 Å². The molecule has 2 aromatic heterocycles. The molecule has 3 heterocycles. The summed E-state index contributed by atoms with van der Waals surface area (Å²) in [6.07, 6.45) is 6.40. The molecule has 0 atom stereocenters. The van der Waals surface area contributed by atoms with Crippen molar-refractivity contribution in [3.8, 4) is 11.1 Å². The van der Waals surface area contributed by atoms with Gasteiger partial charge in [-0.15, -0.1) is 0 Å². The SMILES string of the molecule is Cc1cnc(F)cc1-c1cccc2c1ccn2CCN1CCCC1. The third kappa shape index (κ3) is 2.82. The number of halogens is 1. The Morgan fingerprint density at radius 2 is 1.92 bits per heavy atom. The zero-order valence-electron chi connectivity index (χ0n) is 14.0. The Labute approximate surface area is 141 Å². The highest BCUT2D eigenvalue weighted by Crippen LogP contribution is 2.31. The van der Waals surface area contributed by atoms with Gasteiger partial charge in [0.1, 0.15) is 0 Å². The molecule has 0 amide bonds. The molecule has 1 fully saturated rings. The fraction of sp³-hybridized carbons (Fsp3) is 0.350. The van der Waals surface area contributed by atoms with Crippen LogP contribution in [0.25, 0.3) is 22.0 Å². The molecular formula is C20H22FN3. The summed E-state index contributed by atoms with van der Waals surface area (Å²) in [4.78, 5) is 6.27. The van der Waals surface area contributed by atoms with E-state index >= 15 is 0 Å². The van der Waals surface area contributed by atoms with E-state index in [1.54, 1.807) is 6.20 Å². The van der Waals surface area contributed by atoms with Gasteiger partial charge in [-0.05, 0) is 61.7 Å². The Balaban J connectivity index is 1.69. The molecule has 0 saturated carbocycles. The minimum atomic E-state index is -0.430. The molecule has 0 N–H and O–H groups in total. The van der Waals surface area contributed by atoms with Gasteiger partial charge in [0, 0.05) is 42.5 Å². The summed E-state index contributed by atoms with van der Waals surface area (Å²) in [5.74, 6) is -0.430. The van der Waals surface area contributed by atoms with Gasteiger partial charge in [0.15, 0.2) is 0 Å². The van der Waals surface area contributed by atoms with Crippen molar-refractivity contribution in [3.63, 3.8) is 0 Å². The Morgan fingerprint density at radius 3 is 2.75 bits per heavy atom. The molecule has 1 aliphatic heterocycles. The van der Waals surface area contributed by atoms with Crippen LogP contribution in [0.4, 0.5) is 4.39 Å². The van der Waals surface area contributed by atoms with Gasteiger partial charge in [-0.25, -0.2) is 4.98 Å². The van der Waals surface area contributed by atoms with Gasteiger partial charge >= 0.3 is 0 Å². The van der Waals surface area contributed by atoms with Crippen LogP contribution in [0.5, 0.6) is 0 Å². The van der Waals surface area contributed by atoms with Gasteiger partial charge in [-0.3, -0.25) is 0 Å². The van der Waals surface area contributed by atoms with Crippen molar-refractivity contribution in [1.29, 1.82) is 0 Å². The molecule has 0 bridgehead atoms. The number of aryl methyl sites for hydroxylation is 1. The summed E-state index contributed by atoms with van der Waals surface area (Å²) < 4.78 is 15.9. The molecule has 1 saturated heterocycles. The average Bonchev–Trinajstić information content (AvgIpc) is 3.24. The molecule has 0 radical (unpaired) electrons. The highest BCUT2D eigenvalue weighted by molar-refractivity contribution is 5.96. The number of nitrogens with zero attached hydrogens (tertiary/aromatic N) is 3. The number of benzene rings is 1. The van der Waals surface area contributed by atoms with E-state index in [4.69, 9.17) is 0 Å². The van der Waals surface area contributed by atoms with Crippen LogP contribution in [0.3, 0.4) is 0 Å². The molecule has 4 heteroatoms. The predicted molar refractivity (Wildman–Crippen MR) is 95.5 cm³/mol. The third-order valence-corrected chi connectivity index (χ3v) is 5.03. The number of rotatable bonds is 4. The smallest absolute Gasteiger partial charge is 0.213 e. The summed E-state index contributed by atoms with van der Waals surface area (Å²) in [6, 6.07) is 9.95. The largest absolute Gasteiger partial charge is 0.346 e. The monoisotopic (exact) mass is 323 g/mol. The number of fused-ring (bicyclic) bond motifs is 1. The lowest BCUT2D eigenvalue weighted by molar-refractivity contribution is 0.324. The minimum absolute atomic E-state index is 0.430. The predicted octanol–water partition coefficient (Wildman–Crippen LogP) is 4.25. The normalized spacial score (nSPS) is 15.4. The highest BCUT2D eigenvalue weighted by Gasteiger charge is 2.13. The lowest BCUT2D eigenvalue weighted by Crippen LogP contribution is -2.23. The van der Waals surface area contributed by atoms with Crippen molar-refractivity contribution >= 4 is 10.9 Å². The zero-order valence-corrected chi connectivity index (χ0v) is 14.0. The number of aromatic nitrogens is 2. The summed E-state index contributed by atoms with van der Waals surface area (Å²) in [6.45, 7) is 6.51. The van der Waals surface area contributed by atoms with E-state index in [-0.39, 0.29) is 0 Å². The van der Waals surface area contributed by atoms with Crippen molar-refractivity contribution in [2.24, 2.45) is 0 Å². The van der Waals surface area contributed by atoms with Crippen molar-refractivity contribution in [2.75, 3.05) is 19.6 Å². The molecule has 124 valence electrons. The van der Waals surface area contributed by atoms with E-state index in [1.807, 2.05) is 6.92 Å². The second-order valence-corrected chi connectivity index (χ2v) is 6.62. The van der Waals surface area contributed by atoms with Crippen LogP contribution in [0.2, 0.25) is 0 Å². The van der Waals surface area contributed by atoms with Crippen LogP contribution >= 0.6 is 0 Å². The maximum Gasteiger partial charge on any atom is 0.213 e. The third-order valence-electron chi connectivity index (χ3n) is 5.03. The molecule has 1 aromatic carbocycles. The molecular weight excluding hydrogens is 301 g/mol. The molecule has 1 aliphatic rings. The van der Waals surface area contributed by atoms with Gasteiger partial charge in [-0.2, -0.15) is 4.39 Å². The summed E-state index contributed by atoms with van der Waals surface area (Å²) in [5, 5.41) is 1.17. The van der Waals surface area contributed by atoms with E-state index in [0.29, 0.717) is 0 Å². The molecule has 0 aliphatic carbocycles. The quantitative estimate of drug-likeness (QED) is 0.669. The van der Waals surface area contributed by atoms with Crippen LogP contribution in [0, 0.1) is 12.9 Å². The Morgan fingerprint density at radius 1 is 1.08 bits per heavy atom. The van der Waals surface area contributed by atoms with Gasteiger partial charge in [-0.1, -0.05) is 12.1 Å². The number of hydrogen-bond donors (Lipinski definition) is 0. The van der Waals surface area contributed by atoms with E-state index in [1.165, 1.54) is 42.9 Å². The van der Waals surface area contributed by atoms with Gasteiger partial charge in [0.2, 0.25) is 5.95 Å². The lowest BCUT2D eigenvalue weighted by Gasteiger charge is -2.15. The number of hydrogen-bond acceptors (Lipinski definition) is 2. The molecule has 4 rings (SSSR count). The van der Waals surface area contributed by atoms with Crippen molar-refractivity contribution < 1.29 is 4.39 Å². The maximum atomic E-state index is 13.6. The standard InChI is InChI=1S/C20H22FN3/c1-15-14-22-20(21)13-18(15)16-5-4-6-19-17(16)7-10-24(19)12-11-23-8-2-3-9-23/h4-7,10,13-14H,2-3,8-9,11-12H2,1H3. The van der Waals surface area contributed by atoms with Crippen LogP contribution in [-0.2, 0) is 6.54 Å². The number of pyridine rings is 1. The van der Waals surface area contributed by atoms with Gasteiger partial charge in [0.05, 0.1) is 0 Å². The molecule has 0 unspecified atom stereocenters. The topological polar surface area (TPSA) is 21.1 Å². The van der Waals surface area contributed by atoms with Crippen molar-refractivity contribution in [2.45, 2.75) is 26.3 Å². The number of likely N-dealkylation sites (tertiary alicyclic amines) is 1. The average molecular weight is 323 g/mol. The molecule has 3 nitrogen and oxygen atoms in total. The Bertz CT molecular complexity index is 862. The fourth-order valence-electron chi connectivity index (χ4n) is 3.70. The van der Waals surface area contributed by atoms with Gasteiger partial charge in [0.25, 0.3) is 0 Å². The van der Waals surface area contributed by atoms with E-state index < -0.39 is 5.95 Å². The van der Waals surface area contributed by atoms with Crippen molar-refractivity contribution in [1.82, 2.24) is 14.5 Å². The molecule has 24 heavy (non-hydrogen) atoms. The Hall–Kier alpha value is -2.20. The van der Waals surface area contributed by atoms with Crippen LogP contribution in [0.15, 0.2) is 42.7 Å². The first kappa shape index (κ1) is 15.3. The first-order valence-corrected chi connectivity index (χ1v) is 8.65. The van der Waals surface area contributed by atoms with Crippen molar-refractivity contribution in [3.05, 3.63) is 54.2 Å². The first-order valence-electron chi connectivity index (χ1n) is 8.65. The Kier molecular flexibility index (Phi) is 4.07. The second-order valence-electron chi connectivity index (χ2n) is 6.62. The summed E-state index contributed by atoms with van der Waals surface area (Å²) in [7, 11) is 0.